The van der Waals surface area contributed by atoms with Gasteiger partial charge in [0.2, 0.25) is 0 Å². The van der Waals surface area contributed by atoms with Crippen LogP contribution in [-0.2, 0) is 19.1 Å². The number of hydrogen-bond acceptors (Lipinski definition) is 8. The van der Waals surface area contributed by atoms with Crippen molar-refractivity contribution in [2.75, 3.05) is 19.0 Å². The maximum atomic E-state index is 12.9. The average Bonchev–Trinajstić information content (AvgIpc) is 3.30. The number of hydrogen-bond donors (Lipinski definition) is 3. The molecule has 3 N–H and O–H groups in total. The standard InChI is InChI=1S/C33H42N2O7S2/c1-5-19-41-31(39)35-28(21-43-44-33(2,3)4)29(36)18-8-6-7-17-27(30(37)38)34-32(40)42-20-26-24-15-11-9-13-22(24)23-14-10-12-16-25(23)26/h5,9-16,26-28H,1,6-8,17-21H2,2-4H3,(H,34,40)(H,35,39)(H,37,38)/t27-,28-/m0/s1. The minimum atomic E-state index is -1.15. The molecule has 3 rings (SSSR count). The van der Waals surface area contributed by atoms with Gasteiger partial charge in [-0.05, 0) is 35.1 Å². The molecule has 0 fully saturated rings. The van der Waals surface area contributed by atoms with E-state index in [2.05, 4.69) is 38.0 Å². The number of amides is 2. The third-order valence-electron chi connectivity index (χ3n) is 6.91. The van der Waals surface area contributed by atoms with E-state index in [1.165, 1.54) is 16.9 Å². The van der Waals surface area contributed by atoms with Gasteiger partial charge in [-0.3, -0.25) is 4.79 Å². The molecule has 0 saturated carbocycles. The first-order valence-corrected chi connectivity index (χ1v) is 17.0. The van der Waals surface area contributed by atoms with E-state index >= 15 is 0 Å². The first kappa shape index (κ1) is 35.0. The lowest BCUT2D eigenvalue weighted by Gasteiger charge is -2.20. The van der Waals surface area contributed by atoms with E-state index in [0.717, 1.165) is 22.3 Å². The fourth-order valence-corrected chi connectivity index (χ4v) is 7.35. The molecule has 0 saturated heterocycles. The molecule has 2 aromatic carbocycles. The van der Waals surface area contributed by atoms with Gasteiger partial charge in [-0.2, -0.15) is 0 Å². The van der Waals surface area contributed by atoms with Gasteiger partial charge in [-0.15, -0.1) is 0 Å². The number of ether oxygens (including phenoxy) is 2. The summed E-state index contributed by atoms with van der Waals surface area (Å²) in [5, 5.41) is 14.8. The number of carboxylic acid groups (broad SMARTS) is 1. The number of benzene rings is 2. The highest BCUT2D eigenvalue weighted by molar-refractivity contribution is 8.77. The van der Waals surface area contributed by atoms with Gasteiger partial charge in [0.25, 0.3) is 0 Å². The van der Waals surface area contributed by atoms with Crippen LogP contribution in [0.1, 0.15) is 69.9 Å². The zero-order valence-corrected chi connectivity index (χ0v) is 27.1. The highest BCUT2D eigenvalue weighted by Gasteiger charge is 2.30. The third-order valence-corrected chi connectivity index (χ3v) is 10.3. The molecule has 0 heterocycles. The van der Waals surface area contributed by atoms with E-state index in [9.17, 15) is 24.3 Å². The van der Waals surface area contributed by atoms with Crippen molar-refractivity contribution in [2.45, 2.75) is 75.6 Å². The Bertz CT molecular complexity index is 1270. The summed E-state index contributed by atoms with van der Waals surface area (Å²) < 4.78 is 10.5. The van der Waals surface area contributed by atoms with Crippen molar-refractivity contribution in [3.63, 3.8) is 0 Å². The molecule has 2 amide bonds. The van der Waals surface area contributed by atoms with Crippen molar-refractivity contribution in [3.05, 3.63) is 72.3 Å². The Kier molecular flexibility index (Phi) is 13.7. The Morgan fingerprint density at radius 1 is 0.909 bits per heavy atom. The number of rotatable bonds is 17. The summed E-state index contributed by atoms with van der Waals surface area (Å²) in [5.41, 5.74) is 4.36. The third kappa shape index (κ3) is 10.9. The highest BCUT2D eigenvalue weighted by Crippen LogP contribution is 2.44. The summed E-state index contributed by atoms with van der Waals surface area (Å²) in [6.45, 7) is 9.86. The number of alkyl carbamates (subject to hydrolysis) is 2. The zero-order chi connectivity index (χ0) is 32.1. The predicted molar refractivity (Wildman–Crippen MR) is 176 cm³/mol. The molecule has 2 aromatic rings. The normalized spacial score (nSPS) is 13.6. The summed E-state index contributed by atoms with van der Waals surface area (Å²) in [7, 11) is 3.14. The molecule has 0 spiro atoms. The van der Waals surface area contributed by atoms with E-state index in [0.29, 0.717) is 25.0 Å². The number of carbonyl (C=O) groups is 4. The molecular formula is C33H42N2O7S2. The predicted octanol–water partition coefficient (Wildman–Crippen LogP) is 6.96. The zero-order valence-electron chi connectivity index (χ0n) is 25.5. The SMILES string of the molecule is C=CCOC(=O)N[C@@H](CSSC(C)(C)C)C(=O)CCCCC[C@H](NC(=O)OCC1c2ccccc2-c2ccccc21)C(=O)O. The van der Waals surface area contributed by atoms with E-state index in [1.807, 2.05) is 48.5 Å². The second-order valence-corrected chi connectivity index (χ2v) is 14.7. The van der Waals surface area contributed by atoms with Crippen molar-refractivity contribution in [1.82, 2.24) is 10.6 Å². The number of ketones is 1. The first-order valence-electron chi connectivity index (χ1n) is 14.7. The van der Waals surface area contributed by atoms with Crippen LogP contribution in [0.15, 0.2) is 61.2 Å². The molecule has 0 aliphatic heterocycles. The molecule has 1 aliphatic rings. The number of unbranched alkanes of at least 4 members (excludes halogenated alkanes) is 2. The maximum Gasteiger partial charge on any atom is 0.408 e. The summed E-state index contributed by atoms with van der Waals surface area (Å²) >= 11 is 0. The van der Waals surface area contributed by atoms with Crippen molar-refractivity contribution in [1.29, 1.82) is 0 Å². The van der Waals surface area contributed by atoms with Crippen molar-refractivity contribution < 1.29 is 33.8 Å². The molecule has 2 atom stereocenters. The second-order valence-electron chi connectivity index (χ2n) is 11.5. The average molecular weight is 643 g/mol. The second kappa shape index (κ2) is 17.2. The number of carboxylic acids is 1. The monoisotopic (exact) mass is 642 g/mol. The van der Waals surface area contributed by atoms with Gasteiger partial charge in [0.15, 0.2) is 5.78 Å². The van der Waals surface area contributed by atoms with Crippen molar-refractivity contribution in [3.8, 4) is 11.1 Å². The van der Waals surface area contributed by atoms with Crippen molar-refractivity contribution >= 4 is 45.5 Å². The van der Waals surface area contributed by atoms with Crippen LogP contribution < -0.4 is 10.6 Å². The van der Waals surface area contributed by atoms with Crippen LogP contribution in [0.2, 0.25) is 0 Å². The van der Waals surface area contributed by atoms with Gasteiger partial charge in [-0.25, -0.2) is 14.4 Å². The van der Waals surface area contributed by atoms with E-state index < -0.39 is 30.2 Å². The van der Waals surface area contributed by atoms with Crippen molar-refractivity contribution in [2.24, 2.45) is 0 Å². The number of fused-ring (bicyclic) bond motifs is 3. The van der Waals surface area contributed by atoms with E-state index in [1.54, 1.807) is 10.8 Å². The summed E-state index contributed by atoms with van der Waals surface area (Å²) in [5.74, 6) is -0.990. The topological polar surface area (TPSA) is 131 Å². The van der Waals surface area contributed by atoms with Crippen LogP contribution in [0.5, 0.6) is 0 Å². The molecule has 44 heavy (non-hydrogen) atoms. The molecule has 238 valence electrons. The number of carbonyl (C=O) groups excluding carboxylic acids is 3. The summed E-state index contributed by atoms with van der Waals surface area (Å²) in [6, 6.07) is 14.2. The molecule has 0 radical (unpaired) electrons. The highest BCUT2D eigenvalue weighted by atomic mass is 33.1. The summed E-state index contributed by atoms with van der Waals surface area (Å²) in [4.78, 5) is 49.4. The Hall–Kier alpha value is -3.44. The van der Waals surface area contributed by atoms with Gasteiger partial charge in [-0.1, -0.05) is 116 Å². The van der Waals surface area contributed by atoms with Gasteiger partial charge in [0, 0.05) is 22.8 Å². The van der Waals surface area contributed by atoms with Gasteiger partial charge >= 0.3 is 18.2 Å². The molecular weight excluding hydrogens is 601 g/mol. The molecule has 1 aliphatic carbocycles. The van der Waals surface area contributed by atoms with Crippen LogP contribution in [0, 0.1) is 0 Å². The van der Waals surface area contributed by atoms with Crippen LogP contribution in [-0.4, -0.2) is 64.8 Å². The van der Waals surface area contributed by atoms with Gasteiger partial charge in [0.05, 0.1) is 0 Å². The smallest absolute Gasteiger partial charge is 0.408 e. The fraction of sp³-hybridized carbons (Fsp3) is 0.455. The first-order chi connectivity index (χ1) is 21.0. The lowest BCUT2D eigenvalue weighted by Crippen LogP contribution is -2.43. The largest absolute Gasteiger partial charge is 0.480 e. The Morgan fingerprint density at radius 2 is 1.50 bits per heavy atom. The Morgan fingerprint density at radius 3 is 2.09 bits per heavy atom. The Balaban J connectivity index is 1.44. The summed E-state index contributed by atoms with van der Waals surface area (Å²) in [6.07, 6.45) is 2.01. The van der Waals surface area contributed by atoms with Crippen LogP contribution in [0.3, 0.4) is 0 Å². The number of nitrogens with one attached hydrogen (secondary N) is 2. The minimum absolute atomic E-state index is 0.00386. The molecule has 0 unspecified atom stereocenters. The van der Waals surface area contributed by atoms with Gasteiger partial charge < -0.3 is 25.2 Å². The molecule has 0 bridgehead atoms. The number of Topliss-reactive ketones (excluding diaryl/α,β-unsaturated/α-hetero) is 1. The lowest BCUT2D eigenvalue weighted by molar-refractivity contribution is -0.139. The minimum Gasteiger partial charge on any atom is -0.480 e. The lowest BCUT2D eigenvalue weighted by atomic mass is 9.98. The van der Waals surface area contributed by atoms with Crippen LogP contribution >= 0.6 is 21.6 Å². The molecule has 0 aromatic heterocycles. The molecule has 11 heteroatoms. The Labute approximate surface area is 267 Å². The van der Waals surface area contributed by atoms with E-state index in [-0.39, 0.29) is 42.5 Å². The molecule has 9 nitrogen and oxygen atoms in total. The number of aliphatic carboxylic acids is 1. The fourth-order valence-electron chi connectivity index (χ4n) is 4.85. The maximum absolute atomic E-state index is 12.9. The van der Waals surface area contributed by atoms with E-state index in [4.69, 9.17) is 9.47 Å². The quantitative estimate of drug-likeness (QED) is 0.0952. The van der Waals surface area contributed by atoms with Crippen LogP contribution in [0.4, 0.5) is 9.59 Å². The van der Waals surface area contributed by atoms with Crippen LogP contribution in [0.25, 0.3) is 11.1 Å². The van der Waals surface area contributed by atoms with Gasteiger partial charge in [0.1, 0.15) is 25.3 Å².